The average Bonchev–Trinajstić information content (AvgIpc) is 1.95. The summed E-state index contributed by atoms with van der Waals surface area (Å²) in [5.41, 5.74) is 5.14. The second-order valence-electron chi connectivity index (χ2n) is 2.90. The summed E-state index contributed by atoms with van der Waals surface area (Å²) in [6.07, 6.45) is 2.81. The first kappa shape index (κ1) is 11.4. The predicted octanol–water partition coefficient (Wildman–Crippen LogP) is -0.0400. The number of rotatable bonds is 6. The van der Waals surface area contributed by atoms with Gasteiger partial charge in [-0.15, -0.1) is 0 Å². The van der Waals surface area contributed by atoms with Crippen LogP contribution in [0.15, 0.2) is 0 Å². The Hall–Kier alpha value is -0.610. The summed E-state index contributed by atoms with van der Waals surface area (Å²) in [5.74, 6) is 0.00820. The van der Waals surface area contributed by atoms with Crippen LogP contribution in [0.5, 0.6) is 0 Å². The molecule has 0 heterocycles. The molecule has 0 aromatic carbocycles. The first-order valence-corrected chi connectivity index (χ1v) is 4.31. The Balaban J connectivity index is 2.96. The zero-order valence-corrected chi connectivity index (χ0v) is 7.55. The molecule has 0 rings (SSSR count). The van der Waals surface area contributed by atoms with Crippen LogP contribution in [0.2, 0.25) is 0 Å². The first-order chi connectivity index (χ1) is 5.63. The van der Waals surface area contributed by atoms with Crippen molar-refractivity contribution in [3.05, 3.63) is 0 Å². The summed E-state index contributed by atoms with van der Waals surface area (Å²) in [6, 6.07) is 0. The number of aliphatic hydroxyl groups excluding tert-OH is 1. The highest BCUT2D eigenvalue weighted by atomic mass is 16.3. The molecule has 0 aromatic heterocycles. The molecular weight excluding hydrogens is 156 g/mol. The van der Waals surface area contributed by atoms with Crippen LogP contribution in [-0.2, 0) is 4.79 Å². The van der Waals surface area contributed by atoms with Gasteiger partial charge in [-0.25, -0.2) is 0 Å². The van der Waals surface area contributed by atoms with Crippen molar-refractivity contribution in [1.29, 1.82) is 0 Å². The molecule has 0 spiro atoms. The minimum Gasteiger partial charge on any atom is -0.379 e. The van der Waals surface area contributed by atoms with E-state index in [4.69, 9.17) is 10.8 Å². The Morgan fingerprint density at radius 1 is 1.50 bits per heavy atom. The van der Waals surface area contributed by atoms with E-state index in [2.05, 4.69) is 5.32 Å². The maximum atomic E-state index is 10.4. The summed E-state index contributed by atoms with van der Waals surface area (Å²) in [5, 5.41) is 11.4. The van der Waals surface area contributed by atoms with Gasteiger partial charge in [0.2, 0.25) is 5.91 Å². The molecule has 0 saturated carbocycles. The Morgan fingerprint density at radius 2 is 2.17 bits per heavy atom. The van der Waals surface area contributed by atoms with E-state index in [0.717, 1.165) is 25.8 Å². The lowest BCUT2D eigenvalue weighted by Crippen LogP contribution is -2.21. The standard InChI is InChI=1S/C8H18N2O2/c1-7(11)10-6-4-2-3-5-8(9)12/h8,12H,2-6,9H2,1H3,(H,10,11). The van der Waals surface area contributed by atoms with Crippen LogP contribution in [0.25, 0.3) is 0 Å². The van der Waals surface area contributed by atoms with E-state index in [0.29, 0.717) is 6.42 Å². The van der Waals surface area contributed by atoms with E-state index in [1.54, 1.807) is 0 Å². The number of nitrogens with one attached hydrogen (secondary N) is 1. The van der Waals surface area contributed by atoms with Gasteiger partial charge >= 0.3 is 0 Å². The van der Waals surface area contributed by atoms with Gasteiger partial charge in [0.1, 0.15) is 6.23 Å². The summed E-state index contributed by atoms with van der Waals surface area (Å²) in [4.78, 5) is 10.4. The molecule has 4 N–H and O–H groups in total. The van der Waals surface area contributed by atoms with Crippen molar-refractivity contribution in [3.8, 4) is 0 Å². The van der Waals surface area contributed by atoms with E-state index in [1.807, 2.05) is 0 Å². The monoisotopic (exact) mass is 174 g/mol. The van der Waals surface area contributed by atoms with Gasteiger partial charge in [0.05, 0.1) is 0 Å². The first-order valence-electron chi connectivity index (χ1n) is 4.31. The highest BCUT2D eigenvalue weighted by Gasteiger charge is 1.95. The largest absolute Gasteiger partial charge is 0.379 e. The molecule has 0 aromatic rings. The quantitative estimate of drug-likeness (QED) is 0.390. The van der Waals surface area contributed by atoms with Crippen LogP contribution in [0, 0.1) is 0 Å². The molecule has 1 amide bonds. The molecule has 0 bridgehead atoms. The zero-order valence-electron chi connectivity index (χ0n) is 7.55. The molecule has 72 valence electrons. The summed E-state index contributed by atoms with van der Waals surface area (Å²) < 4.78 is 0. The van der Waals surface area contributed by atoms with E-state index < -0.39 is 6.23 Å². The molecular formula is C8H18N2O2. The molecule has 4 nitrogen and oxygen atoms in total. The number of hydrogen-bond donors (Lipinski definition) is 3. The van der Waals surface area contributed by atoms with Gasteiger partial charge in [0.25, 0.3) is 0 Å². The third-order valence-corrected chi connectivity index (χ3v) is 1.55. The zero-order chi connectivity index (χ0) is 9.40. The van der Waals surface area contributed by atoms with Crippen LogP contribution in [-0.4, -0.2) is 23.8 Å². The van der Waals surface area contributed by atoms with Crippen LogP contribution < -0.4 is 11.1 Å². The molecule has 0 aliphatic heterocycles. The molecule has 0 radical (unpaired) electrons. The lowest BCUT2D eigenvalue weighted by Gasteiger charge is -2.04. The highest BCUT2D eigenvalue weighted by molar-refractivity contribution is 5.72. The van der Waals surface area contributed by atoms with Crippen molar-refractivity contribution in [2.24, 2.45) is 5.73 Å². The fraction of sp³-hybridized carbons (Fsp3) is 0.875. The number of unbranched alkanes of at least 4 members (excludes halogenated alkanes) is 2. The maximum absolute atomic E-state index is 10.4. The van der Waals surface area contributed by atoms with Crippen molar-refractivity contribution in [1.82, 2.24) is 5.32 Å². The van der Waals surface area contributed by atoms with Crippen molar-refractivity contribution >= 4 is 5.91 Å². The molecule has 1 atom stereocenters. The number of carbonyl (C=O) groups is 1. The topological polar surface area (TPSA) is 75.4 Å². The normalized spacial score (nSPS) is 12.6. The molecule has 0 aliphatic carbocycles. The Kier molecular flexibility index (Phi) is 6.70. The minimum atomic E-state index is -0.689. The third kappa shape index (κ3) is 9.39. The Morgan fingerprint density at radius 3 is 2.67 bits per heavy atom. The van der Waals surface area contributed by atoms with Gasteiger partial charge in [0, 0.05) is 13.5 Å². The highest BCUT2D eigenvalue weighted by Crippen LogP contribution is 1.99. The molecule has 0 saturated heterocycles. The number of amides is 1. The van der Waals surface area contributed by atoms with Gasteiger partial charge in [0.15, 0.2) is 0 Å². The fourth-order valence-corrected chi connectivity index (χ4v) is 0.920. The smallest absolute Gasteiger partial charge is 0.216 e. The van der Waals surface area contributed by atoms with Gasteiger partial charge in [-0.1, -0.05) is 6.42 Å². The second-order valence-corrected chi connectivity index (χ2v) is 2.90. The van der Waals surface area contributed by atoms with Crippen LogP contribution in [0.3, 0.4) is 0 Å². The van der Waals surface area contributed by atoms with Crippen molar-refractivity contribution in [2.75, 3.05) is 6.54 Å². The second kappa shape index (κ2) is 7.06. The lowest BCUT2D eigenvalue weighted by atomic mass is 10.2. The lowest BCUT2D eigenvalue weighted by molar-refractivity contribution is -0.118. The average molecular weight is 174 g/mol. The number of aliphatic hydroxyl groups is 1. The van der Waals surface area contributed by atoms with Gasteiger partial charge in [-0.3, -0.25) is 4.79 Å². The van der Waals surface area contributed by atoms with E-state index >= 15 is 0 Å². The third-order valence-electron chi connectivity index (χ3n) is 1.55. The molecule has 12 heavy (non-hydrogen) atoms. The number of carbonyl (C=O) groups excluding carboxylic acids is 1. The van der Waals surface area contributed by atoms with E-state index in [9.17, 15) is 4.79 Å². The number of nitrogens with two attached hydrogens (primary N) is 1. The van der Waals surface area contributed by atoms with Crippen LogP contribution in [0.1, 0.15) is 32.6 Å². The van der Waals surface area contributed by atoms with Crippen molar-refractivity contribution < 1.29 is 9.90 Å². The maximum Gasteiger partial charge on any atom is 0.216 e. The van der Waals surface area contributed by atoms with Gasteiger partial charge in [-0.05, 0) is 19.3 Å². The molecule has 1 unspecified atom stereocenters. The predicted molar refractivity (Wildman–Crippen MR) is 47.3 cm³/mol. The fourth-order valence-electron chi connectivity index (χ4n) is 0.920. The van der Waals surface area contributed by atoms with E-state index in [-0.39, 0.29) is 5.91 Å². The summed E-state index contributed by atoms with van der Waals surface area (Å²) in [7, 11) is 0. The van der Waals surface area contributed by atoms with Gasteiger partial charge < -0.3 is 16.2 Å². The van der Waals surface area contributed by atoms with E-state index in [1.165, 1.54) is 6.92 Å². The van der Waals surface area contributed by atoms with Crippen LogP contribution in [0.4, 0.5) is 0 Å². The number of hydrogen-bond acceptors (Lipinski definition) is 3. The Bertz CT molecular complexity index is 126. The van der Waals surface area contributed by atoms with Crippen molar-refractivity contribution in [3.63, 3.8) is 0 Å². The molecule has 0 fully saturated rings. The van der Waals surface area contributed by atoms with Crippen molar-refractivity contribution in [2.45, 2.75) is 38.8 Å². The van der Waals surface area contributed by atoms with Crippen LogP contribution >= 0.6 is 0 Å². The SMILES string of the molecule is CC(=O)NCCCCCC(N)O. The summed E-state index contributed by atoms with van der Waals surface area (Å²) >= 11 is 0. The minimum absolute atomic E-state index is 0.00820. The molecule has 0 aliphatic rings. The molecule has 4 heteroatoms. The van der Waals surface area contributed by atoms with Gasteiger partial charge in [-0.2, -0.15) is 0 Å². The Labute approximate surface area is 73.1 Å². The summed E-state index contributed by atoms with van der Waals surface area (Å²) in [6.45, 7) is 2.22.